The van der Waals surface area contributed by atoms with Gasteiger partial charge in [-0.25, -0.2) is 9.37 Å². The average Bonchev–Trinajstić information content (AvgIpc) is 3.00. The molecule has 0 atom stereocenters. The number of alkyl halides is 1. The molecule has 0 aliphatic rings. The Balaban J connectivity index is 1.87. The van der Waals surface area contributed by atoms with Gasteiger partial charge in [0, 0.05) is 36.8 Å². The molecule has 3 nitrogen and oxygen atoms in total. The fourth-order valence-corrected chi connectivity index (χ4v) is 1.85. The molecule has 0 bridgehead atoms. The summed E-state index contributed by atoms with van der Waals surface area (Å²) in [6.45, 7) is 1.23. The Labute approximate surface area is 128 Å². The van der Waals surface area contributed by atoms with E-state index in [0.29, 0.717) is 18.9 Å². The second-order valence-electron chi connectivity index (χ2n) is 4.39. The zero-order valence-corrected chi connectivity index (χ0v) is 12.3. The maximum Gasteiger partial charge on any atom is 0.165 e. The predicted octanol–water partition coefficient (Wildman–Crippen LogP) is 3.47. The van der Waals surface area contributed by atoms with Gasteiger partial charge < -0.3 is 9.30 Å². The molecule has 110 valence electrons. The van der Waals surface area contributed by atoms with E-state index >= 15 is 0 Å². The van der Waals surface area contributed by atoms with Crippen LogP contribution in [-0.4, -0.2) is 22.0 Å². The quantitative estimate of drug-likeness (QED) is 0.464. The lowest BCUT2D eigenvalue weighted by Gasteiger charge is -2.08. The lowest BCUT2D eigenvalue weighted by atomic mass is 10.2. The van der Waals surface area contributed by atoms with E-state index in [1.807, 2.05) is 10.8 Å². The van der Waals surface area contributed by atoms with Gasteiger partial charge in [-0.3, -0.25) is 0 Å². The van der Waals surface area contributed by atoms with Crippen LogP contribution in [0.15, 0.2) is 36.9 Å². The number of ether oxygens (including phenoxy) is 1. The van der Waals surface area contributed by atoms with Gasteiger partial charge in [0.1, 0.15) is 0 Å². The van der Waals surface area contributed by atoms with E-state index in [1.165, 1.54) is 6.07 Å². The van der Waals surface area contributed by atoms with Crippen LogP contribution in [0.25, 0.3) is 0 Å². The molecule has 0 aliphatic heterocycles. The molecular weight excluding hydrogens is 291 g/mol. The van der Waals surface area contributed by atoms with Crippen LogP contribution >= 0.6 is 11.6 Å². The molecule has 2 aromatic rings. The first-order valence-electron chi connectivity index (χ1n) is 6.72. The van der Waals surface area contributed by atoms with Crippen LogP contribution in [-0.2, 0) is 6.54 Å². The van der Waals surface area contributed by atoms with Crippen molar-refractivity contribution < 1.29 is 9.13 Å². The third-order valence-electron chi connectivity index (χ3n) is 2.76. The van der Waals surface area contributed by atoms with Gasteiger partial charge in [-0.05, 0) is 24.6 Å². The predicted molar refractivity (Wildman–Crippen MR) is 81.0 cm³/mol. The van der Waals surface area contributed by atoms with Crippen molar-refractivity contribution in [3.05, 3.63) is 48.3 Å². The van der Waals surface area contributed by atoms with Crippen molar-refractivity contribution in [2.24, 2.45) is 0 Å². The van der Waals surface area contributed by atoms with Crippen LogP contribution in [0.5, 0.6) is 5.75 Å². The molecule has 1 heterocycles. The van der Waals surface area contributed by atoms with Crippen LogP contribution in [0, 0.1) is 17.7 Å². The standard InChI is InChI=1S/C16H16ClFN2O/c17-7-2-1-4-14-5-6-15(18)16(12-14)21-11-3-9-20-10-8-19-13-20/h5-6,8,10,12-13H,2-3,7,9,11H2. The Bertz CT molecular complexity index is 617. The van der Waals surface area contributed by atoms with Gasteiger partial charge in [-0.15, -0.1) is 11.6 Å². The summed E-state index contributed by atoms with van der Waals surface area (Å²) in [5, 5.41) is 0. The van der Waals surface area contributed by atoms with Gasteiger partial charge in [0.05, 0.1) is 12.9 Å². The second kappa shape index (κ2) is 8.33. The zero-order chi connectivity index (χ0) is 14.9. The van der Waals surface area contributed by atoms with Crippen LogP contribution in [0.1, 0.15) is 18.4 Å². The van der Waals surface area contributed by atoms with Crippen LogP contribution in [0.3, 0.4) is 0 Å². The molecule has 2 rings (SSSR count). The highest BCUT2D eigenvalue weighted by molar-refractivity contribution is 6.18. The van der Waals surface area contributed by atoms with Crippen molar-refractivity contribution in [1.29, 1.82) is 0 Å². The Morgan fingerprint density at radius 1 is 1.38 bits per heavy atom. The average molecular weight is 307 g/mol. The minimum absolute atomic E-state index is 0.235. The minimum atomic E-state index is -0.375. The fraction of sp³-hybridized carbons (Fsp3) is 0.312. The summed E-state index contributed by atoms with van der Waals surface area (Å²) in [4.78, 5) is 3.96. The first-order valence-corrected chi connectivity index (χ1v) is 7.26. The Morgan fingerprint density at radius 2 is 2.29 bits per heavy atom. The number of aromatic nitrogens is 2. The molecule has 0 unspecified atom stereocenters. The normalized spacial score (nSPS) is 10.0. The van der Waals surface area contributed by atoms with E-state index in [1.54, 1.807) is 24.7 Å². The molecule has 0 fully saturated rings. The number of nitrogens with zero attached hydrogens (tertiary/aromatic N) is 2. The third-order valence-corrected chi connectivity index (χ3v) is 2.95. The van der Waals surface area contributed by atoms with Crippen molar-refractivity contribution in [3.8, 4) is 17.6 Å². The van der Waals surface area contributed by atoms with E-state index in [4.69, 9.17) is 16.3 Å². The minimum Gasteiger partial charge on any atom is -0.490 e. The summed E-state index contributed by atoms with van der Waals surface area (Å²) >= 11 is 5.56. The number of imidazole rings is 1. The molecule has 1 aromatic carbocycles. The summed E-state index contributed by atoms with van der Waals surface area (Å²) in [6, 6.07) is 4.62. The highest BCUT2D eigenvalue weighted by atomic mass is 35.5. The van der Waals surface area contributed by atoms with Crippen molar-refractivity contribution in [3.63, 3.8) is 0 Å². The Hall–Kier alpha value is -1.99. The summed E-state index contributed by atoms with van der Waals surface area (Å²) in [5.74, 6) is 6.20. The zero-order valence-electron chi connectivity index (χ0n) is 11.6. The third kappa shape index (κ3) is 5.13. The van der Waals surface area contributed by atoms with Crippen LogP contribution in [0.4, 0.5) is 4.39 Å². The molecule has 0 aliphatic carbocycles. The van der Waals surface area contributed by atoms with E-state index in [0.717, 1.165) is 18.5 Å². The van der Waals surface area contributed by atoms with E-state index < -0.39 is 0 Å². The van der Waals surface area contributed by atoms with E-state index in [-0.39, 0.29) is 11.6 Å². The van der Waals surface area contributed by atoms with Crippen molar-refractivity contribution in [2.75, 3.05) is 12.5 Å². The molecule has 0 amide bonds. The highest BCUT2D eigenvalue weighted by Gasteiger charge is 2.04. The van der Waals surface area contributed by atoms with Gasteiger partial charge in [-0.1, -0.05) is 11.8 Å². The fourth-order valence-electron chi connectivity index (χ4n) is 1.75. The van der Waals surface area contributed by atoms with Crippen LogP contribution in [0.2, 0.25) is 0 Å². The van der Waals surface area contributed by atoms with Gasteiger partial charge in [0.2, 0.25) is 0 Å². The molecule has 1 aromatic heterocycles. The summed E-state index contributed by atoms with van der Waals surface area (Å²) in [6.07, 6.45) is 6.74. The van der Waals surface area contributed by atoms with E-state index in [9.17, 15) is 4.39 Å². The molecule has 0 radical (unpaired) electrons. The topological polar surface area (TPSA) is 27.1 Å². The summed E-state index contributed by atoms with van der Waals surface area (Å²) in [5.41, 5.74) is 0.728. The monoisotopic (exact) mass is 306 g/mol. The molecule has 5 heteroatoms. The molecule has 0 N–H and O–H groups in total. The van der Waals surface area contributed by atoms with E-state index in [2.05, 4.69) is 16.8 Å². The molecule has 0 spiro atoms. The highest BCUT2D eigenvalue weighted by Crippen LogP contribution is 2.18. The summed E-state index contributed by atoms with van der Waals surface area (Å²) in [7, 11) is 0. The lowest BCUT2D eigenvalue weighted by molar-refractivity contribution is 0.287. The maximum atomic E-state index is 13.6. The van der Waals surface area contributed by atoms with Crippen LogP contribution < -0.4 is 4.74 Å². The number of benzene rings is 1. The first-order chi connectivity index (χ1) is 10.3. The van der Waals surface area contributed by atoms with Gasteiger partial charge >= 0.3 is 0 Å². The Kier molecular flexibility index (Phi) is 6.11. The maximum absolute atomic E-state index is 13.6. The number of hydrogen-bond donors (Lipinski definition) is 0. The SMILES string of the molecule is Fc1ccc(C#CCCCl)cc1OCCCn1ccnc1. The molecule has 0 saturated heterocycles. The number of halogens is 2. The number of aryl methyl sites for hydroxylation is 1. The molecule has 21 heavy (non-hydrogen) atoms. The Morgan fingerprint density at radius 3 is 3.05 bits per heavy atom. The number of rotatable bonds is 6. The van der Waals surface area contributed by atoms with Gasteiger partial charge in [-0.2, -0.15) is 0 Å². The smallest absolute Gasteiger partial charge is 0.165 e. The van der Waals surface area contributed by atoms with Crippen molar-refractivity contribution in [2.45, 2.75) is 19.4 Å². The largest absolute Gasteiger partial charge is 0.490 e. The van der Waals surface area contributed by atoms with Crippen molar-refractivity contribution >= 4 is 11.6 Å². The summed E-state index contributed by atoms with van der Waals surface area (Å²) < 4.78 is 21.1. The van der Waals surface area contributed by atoms with Gasteiger partial charge in [0.25, 0.3) is 0 Å². The molecule has 0 saturated carbocycles. The molecular formula is C16H16ClFN2O. The first kappa shape index (κ1) is 15.4. The van der Waals surface area contributed by atoms with Crippen molar-refractivity contribution in [1.82, 2.24) is 9.55 Å². The van der Waals surface area contributed by atoms with Gasteiger partial charge in [0.15, 0.2) is 11.6 Å². The number of hydrogen-bond acceptors (Lipinski definition) is 2. The second-order valence-corrected chi connectivity index (χ2v) is 4.77. The lowest BCUT2D eigenvalue weighted by Crippen LogP contribution is -2.04.